The fraction of sp³-hybridized carbons (Fsp3) is 0.396. The van der Waals surface area contributed by atoms with Crippen LogP contribution in [0.2, 0.25) is 0 Å². The second kappa shape index (κ2) is 17.4. The number of fused-ring (bicyclic) bond motifs is 4. The summed E-state index contributed by atoms with van der Waals surface area (Å²) >= 11 is 0. The Hall–Kier alpha value is -7.20. The van der Waals surface area contributed by atoms with Gasteiger partial charge in [-0.2, -0.15) is 10.1 Å². The zero-order valence-electron chi connectivity index (χ0n) is 39.4. The van der Waals surface area contributed by atoms with Gasteiger partial charge in [0.25, 0.3) is 11.8 Å². The van der Waals surface area contributed by atoms with Crippen LogP contribution in [-0.4, -0.2) is 111 Å². The highest BCUT2D eigenvalue weighted by Gasteiger charge is 2.46. The van der Waals surface area contributed by atoms with Crippen molar-refractivity contribution in [1.82, 2.24) is 40.8 Å². The predicted molar refractivity (Wildman–Crippen MR) is 260 cm³/mol. The van der Waals surface area contributed by atoms with Crippen molar-refractivity contribution < 1.29 is 28.5 Å². The summed E-state index contributed by atoms with van der Waals surface area (Å²) in [6.45, 7) is 13.1. The van der Waals surface area contributed by atoms with Crippen LogP contribution in [0.3, 0.4) is 0 Å². The lowest BCUT2D eigenvalue weighted by atomic mass is 9.94. The second-order valence-electron chi connectivity index (χ2n) is 20.5. The summed E-state index contributed by atoms with van der Waals surface area (Å²) in [7, 11) is 0. The van der Waals surface area contributed by atoms with Crippen molar-refractivity contribution >= 4 is 51.8 Å². The summed E-state index contributed by atoms with van der Waals surface area (Å²) in [4.78, 5) is 76.8. The molecule has 5 aliphatic heterocycles. The van der Waals surface area contributed by atoms with Crippen LogP contribution in [0.25, 0.3) is 33.3 Å². The molecule has 2 bridgehead atoms. The third-order valence-electron chi connectivity index (χ3n) is 15.0. The zero-order chi connectivity index (χ0) is 47.7. The van der Waals surface area contributed by atoms with Gasteiger partial charge in [-0.25, -0.2) is 0 Å². The van der Waals surface area contributed by atoms with Gasteiger partial charge in [-0.3, -0.25) is 44.2 Å². The van der Waals surface area contributed by atoms with Crippen molar-refractivity contribution in [3.8, 4) is 22.4 Å². The van der Waals surface area contributed by atoms with Crippen LogP contribution in [-0.2, 0) is 21.5 Å². The second-order valence-corrected chi connectivity index (χ2v) is 20.5. The summed E-state index contributed by atoms with van der Waals surface area (Å²) < 4.78 is 5.21. The molecule has 3 unspecified atom stereocenters. The van der Waals surface area contributed by atoms with Crippen molar-refractivity contribution in [1.29, 1.82) is 0 Å². The number of hydrogen-bond donors (Lipinski definition) is 3. The van der Waals surface area contributed by atoms with Crippen molar-refractivity contribution in [2.45, 2.75) is 96.3 Å². The molecule has 7 heterocycles. The number of aromatic amines is 1. The molecule has 0 radical (unpaired) electrons. The van der Waals surface area contributed by atoms with Crippen LogP contribution in [0.1, 0.15) is 108 Å². The number of carbonyl (C=O) groups is 5. The number of nitrogens with one attached hydrogen (secondary N) is 3. The van der Waals surface area contributed by atoms with E-state index in [2.05, 4.69) is 89.1 Å². The molecule has 0 spiro atoms. The molecule has 16 nitrogen and oxygen atoms in total. The lowest BCUT2D eigenvalue weighted by molar-refractivity contribution is -0.136. The first-order valence-electron chi connectivity index (χ1n) is 24.2. The average Bonchev–Trinajstić information content (AvgIpc) is 4.12. The van der Waals surface area contributed by atoms with Crippen LogP contribution in [0.5, 0.6) is 0 Å². The smallest absolute Gasteiger partial charge is 0.315 e. The number of amides is 5. The molecular weight excluding hydrogens is 873 g/mol. The number of benzene rings is 4. The minimum Gasteiger partial charge on any atom is -0.372 e. The quantitative estimate of drug-likeness (QED) is 0.122. The fourth-order valence-electron chi connectivity index (χ4n) is 11.0. The summed E-state index contributed by atoms with van der Waals surface area (Å²) in [5.74, 6) is -1.26. The van der Waals surface area contributed by atoms with E-state index in [4.69, 9.17) is 9.62 Å². The molecule has 4 aromatic carbocycles. The maximum atomic E-state index is 13.5. The number of carbonyl (C=O) groups excluding carboxylic acids is 5. The Labute approximate surface area is 399 Å². The van der Waals surface area contributed by atoms with Crippen LogP contribution in [0, 0.1) is 12.8 Å². The van der Waals surface area contributed by atoms with Crippen molar-refractivity contribution in [2.24, 2.45) is 5.92 Å². The molecule has 5 amide bonds. The predicted octanol–water partition coefficient (Wildman–Crippen LogP) is 6.79. The summed E-state index contributed by atoms with van der Waals surface area (Å²) in [6, 6.07) is 26.9. The molecule has 354 valence electrons. The zero-order valence-corrected chi connectivity index (χ0v) is 39.4. The molecule has 6 aromatic rings. The number of hydrogen-bond acceptors (Lipinski definition) is 12. The highest BCUT2D eigenvalue weighted by atomic mass is 16.5. The van der Waals surface area contributed by atoms with Gasteiger partial charge in [-0.1, -0.05) is 56.3 Å². The van der Waals surface area contributed by atoms with Crippen molar-refractivity contribution in [3.63, 3.8) is 0 Å². The Balaban J connectivity index is 0.684. The first-order chi connectivity index (χ1) is 33.2. The highest BCUT2D eigenvalue weighted by molar-refractivity contribution is 6.23. The molecule has 16 heteroatoms. The van der Waals surface area contributed by atoms with E-state index in [-0.39, 0.29) is 30.1 Å². The largest absolute Gasteiger partial charge is 0.372 e. The van der Waals surface area contributed by atoms with Gasteiger partial charge in [0.05, 0.1) is 22.3 Å². The molecule has 69 heavy (non-hydrogen) atoms. The number of anilines is 2. The third kappa shape index (κ3) is 8.34. The van der Waals surface area contributed by atoms with Gasteiger partial charge in [0.1, 0.15) is 6.04 Å². The molecule has 11 rings (SSSR count). The molecule has 4 fully saturated rings. The van der Waals surface area contributed by atoms with E-state index in [1.807, 2.05) is 52.0 Å². The minimum atomic E-state index is -0.970. The number of nitrogens with zero attached hydrogens (tertiary/aromatic N) is 7. The number of H-pyrrole nitrogens is 1. The van der Waals surface area contributed by atoms with Crippen molar-refractivity contribution in [2.75, 3.05) is 42.5 Å². The third-order valence-corrected chi connectivity index (χ3v) is 15.0. The van der Waals surface area contributed by atoms with E-state index in [0.29, 0.717) is 41.5 Å². The van der Waals surface area contributed by atoms with Gasteiger partial charge < -0.3 is 19.6 Å². The van der Waals surface area contributed by atoms with E-state index in [0.717, 1.165) is 113 Å². The average molecular weight is 929 g/mol. The normalized spacial score (nSPS) is 21.1. The summed E-state index contributed by atoms with van der Waals surface area (Å²) in [5.41, 5.74) is 9.59. The van der Waals surface area contributed by atoms with E-state index in [9.17, 15) is 24.0 Å². The standard InChI is InChI=1S/C53H56N10O6/c1-30-23-34(5-6-35(30)26-54-48(66)49-56-52(59-69-49)53(2,3)4)46-42-24-33(9-16-43(42)57-58-46)32-7-10-36(11-8-32)60-21-19-31(20-22-60)27-62-38-12-13-39(62)29-61(28-38)37-14-15-40-41(25-37)51(68)63(50(40)67)44-17-18-45(64)55-47(44)65/h5-11,14-16,23-25,31,38-39,44H,12-13,17-22,26-29H2,1-4H3,(H,54,66)(H,57,58)(H,55,64,65). The van der Waals surface area contributed by atoms with E-state index >= 15 is 0 Å². The SMILES string of the molecule is Cc1cc(-c2n[nH]c3ccc(-c4ccc(N5CCC(CN6C7CCC6CN(c6ccc8c(c6)C(=O)N(C6CCC(=O)NC6=O)C8=O)C7)CC5)cc4)cc23)ccc1CNC(=O)c1nc(C(C)(C)C)no1. The van der Waals surface area contributed by atoms with E-state index in [1.54, 1.807) is 6.07 Å². The number of rotatable bonds is 10. The maximum Gasteiger partial charge on any atom is 0.315 e. The van der Waals surface area contributed by atoms with Crippen LogP contribution < -0.4 is 20.4 Å². The maximum absolute atomic E-state index is 13.5. The topological polar surface area (TPSA) is 190 Å². The Morgan fingerprint density at radius 2 is 1.49 bits per heavy atom. The van der Waals surface area contributed by atoms with Crippen molar-refractivity contribution in [3.05, 3.63) is 113 Å². The number of aryl methyl sites for hydroxylation is 1. The first-order valence-corrected chi connectivity index (χ1v) is 24.2. The lowest BCUT2D eigenvalue weighted by Crippen LogP contribution is -2.55. The van der Waals surface area contributed by atoms with Crippen LogP contribution in [0.15, 0.2) is 83.4 Å². The molecule has 3 atom stereocenters. The molecule has 0 saturated carbocycles. The number of imide groups is 2. The molecule has 4 saturated heterocycles. The summed E-state index contributed by atoms with van der Waals surface area (Å²) in [6.07, 6.45) is 4.81. The van der Waals surface area contributed by atoms with Gasteiger partial charge in [0.2, 0.25) is 11.8 Å². The monoisotopic (exact) mass is 928 g/mol. The molecule has 3 N–H and O–H groups in total. The van der Waals surface area contributed by atoms with Gasteiger partial charge in [-0.05, 0) is 116 Å². The number of aromatic nitrogens is 4. The lowest BCUT2D eigenvalue weighted by Gasteiger charge is -2.44. The summed E-state index contributed by atoms with van der Waals surface area (Å²) in [5, 5.41) is 18.1. The molecule has 0 aliphatic carbocycles. The Morgan fingerprint density at radius 3 is 2.20 bits per heavy atom. The Bertz CT molecular complexity index is 3020. The molecule has 5 aliphatic rings. The van der Waals surface area contributed by atoms with Gasteiger partial charge in [0, 0.05) is 85.5 Å². The van der Waals surface area contributed by atoms with Gasteiger partial charge in [-0.15, -0.1) is 0 Å². The minimum absolute atomic E-state index is 0.0445. The Morgan fingerprint density at radius 1 is 0.783 bits per heavy atom. The number of piperazine rings is 1. The molecular formula is C53H56N10O6. The van der Waals surface area contributed by atoms with Crippen LogP contribution in [0.4, 0.5) is 11.4 Å². The van der Waals surface area contributed by atoms with E-state index < -0.39 is 29.7 Å². The molecule has 2 aromatic heterocycles. The van der Waals surface area contributed by atoms with Gasteiger partial charge >= 0.3 is 11.8 Å². The number of piperidine rings is 2. The Kier molecular flexibility index (Phi) is 11.2. The highest BCUT2D eigenvalue weighted by Crippen LogP contribution is 2.38. The first kappa shape index (κ1) is 44.3. The van der Waals surface area contributed by atoms with Crippen LogP contribution >= 0.6 is 0 Å². The van der Waals surface area contributed by atoms with E-state index in [1.165, 1.54) is 5.69 Å². The fourth-order valence-corrected chi connectivity index (χ4v) is 11.0. The van der Waals surface area contributed by atoms with Gasteiger partial charge in [0.15, 0.2) is 5.82 Å².